The number of para-hydroxylation sites is 1. The number of anilines is 2. The van der Waals surface area contributed by atoms with Gasteiger partial charge in [0, 0.05) is 17.8 Å². The topological polar surface area (TPSA) is 49.4 Å². The molecule has 0 saturated heterocycles. The number of carbonyl (C=O) groups is 2. The number of benzene rings is 2. The van der Waals surface area contributed by atoms with E-state index in [0.29, 0.717) is 12.1 Å². The summed E-state index contributed by atoms with van der Waals surface area (Å²) in [6.07, 6.45) is 2.02. The Kier molecular flexibility index (Phi) is 4.60. The number of carbonyl (C=O) groups excluding carboxylic acids is 2. The van der Waals surface area contributed by atoms with Crippen LogP contribution >= 0.6 is 0 Å². The van der Waals surface area contributed by atoms with Crippen LogP contribution in [0, 0.1) is 5.82 Å². The van der Waals surface area contributed by atoms with Gasteiger partial charge in [0.15, 0.2) is 0 Å². The van der Waals surface area contributed by atoms with Gasteiger partial charge in [0.2, 0.25) is 11.8 Å². The maximum atomic E-state index is 13.0. The Morgan fingerprint density at radius 3 is 2.58 bits per heavy atom. The second kappa shape index (κ2) is 6.83. The van der Waals surface area contributed by atoms with E-state index < -0.39 is 6.04 Å². The summed E-state index contributed by atoms with van der Waals surface area (Å²) in [7, 11) is 0. The van der Waals surface area contributed by atoms with Gasteiger partial charge in [-0.2, -0.15) is 0 Å². The number of hydrogen-bond donors (Lipinski definition) is 1. The molecule has 0 fully saturated rings. The molecule has 2 amide bonds. The molecule has 0 aromatic heterocycles. The lowest BCUT2D eigenvalue weighted by Crippen LogP contribution is -2.45. The summed E-state index contributed by atoms with van der Waals surface area (Å²) >= 11 is 0. The maximum Gasteiger partial charge on any atom is 0.247 e. The SMILES string of the molecule is C[C@H](C(=O)Nc1ccc(F)cc1)N1C(=O)CCCc2ccccc21. The predicted molar refractivity (Wildman–Crippen MR) is 91.4 cm³/mol. The Hall–Kier alpha value is -2.69. The molecule has 4 nitrogen and oxygen atoms in total. The molecular formula is C19H19FN2O2. The number of amides is 2. The highest BCUT2D eigenvalue weighted by Crippen LogP contribution is 2.28. The molecule has 0 aliphatic carbocycles. The van der Waals surface area contributed by atoms with Crippen molar-refractivity contribution < 1.29 is 14.0 Å². The summed E-state index contributed by atoms with van der Waals surface area (Å²) in [5.41, 5.74) is 2.37. The lowest BCUT2D eigenvalue weighted by molar-refractivity contribution is -0.123. The van der Waals surface area contributed by atoms with E-state index in [2.05, 4.69) is 5.32 Å². The molecule has 0 spiro atoms. The van der Waals surface area contributed by atoms with Gasteiger partial charge in [-0.1, -0.05) is 18.2 Å². The molecule has 5 heteroatoms. The molecule has 1 atom stereocenters. The third kappa shape index (κ3) is 3.30. The second-order valence-electron chi connectivity index (χ2n) is 5.92. The molecule has 124 valence electrons. The van der Waals surface area contributed by atoms with Crippen molar-refractivity contribution in [3.63, 3.8) is 0 Å². The smallest absolute Gasteiger partial charge is 0.247 e. The van der Waals surface area contributed by atoms with E-state index in [0.717, 1.165) is 24.1 Å². The van der Waals surface area contributed by atoms with Crippen molar-refractivity contribution in [1.29, 1.82) is 0 Å². The Labute approximate surface area is 140 Å². The standard InChI is InChI=1S/C19H19FN2O2/c1-13(19(24)21-16-11-9-15(20)10-12-16)22-17-7-3-2-5-14(17)6-4-8-18(22)23/h2-3,5,7,9-13H,4,6,8H2,1H3,(H,21,24)/t13-/m1/s1. The molecule has 0 bridgehead atoms. The Balaban J connectivity index is 1.84. The van der Waals surface area contributed by atoms with Gasteiger partial charge in [-0.3, -0.25) is 14.5 Å². The fourth-order valence-corrected chi connectivity index (χ4v) is 2.96. The lowest BCUT2D eigenvalue weighted by Gasteiger charge is -2.28. The van der Waals surface area contributed by atoms with Crippen LogP contribution in [0.5, 0.6) is 0 Å². The number of nitrogens with one attached hydrogen (secondary N) is 1. The zero-order valence-electron chi connectivity index (χ0n) is 13.5. The highest BCUT2D eigenvalue weighted by molar-refractivity contribution is 6.05. The summed E-state index contributed by atoms with van der Waals surface area (Å²) in [5.74, 6) is -0.717. The summed E-state index contributed by atoms with van der Waals surface area (Å²) < 4.78 is 13.0. The minimum atomic E-state index is -0.651. The number of fused-ring (bicyclic) bond motifs is 1. The fraction of sp³-hybridized carbons (Fsp3) is 0.263. The highest BCUT2D eigenvalue weighted by Gasteiger charge is 2.30. The molecule has 3 rings (SSSR count). The normalized spacial score (nSPS) is 15.4. The van der Waals surface area contributed by atoms with E-state index in [4.69, 9.17) is 0 Å². The maximum absolute atomic E-state index is 13.0. The molecule has 1 heterocycles. The zero-order chi connectivity index (χ0) is 17.1. The van der Waals surface area contributed by atoms with Gasteiger partial charge >= 0.3 is 0 Å². The average molecular weight is 326 g/mol. The molecule has 1 N–H and O–H groups in total. The zero-order valence-corrected chi connectivity index (χ0v) is 13.5. The highest BCUT2D eigenvalue weighted by atomic mass is 19.1. The van der Waals surface area contributed by atoms with Crippen LogP contribution < -0.4 is 10.2 Å². The second-order valence-corrected chi connectivity index (χ2v) is 5.92. The van der Waals surface area contributed by atoms with Crippen molar-refractivity contribution in [2.75, 3.05) is 10.2 Å². The van der Waals surface area contributed by atoms with Gasteiger partial charge in [0.05, 0.1) is 0 Å². The van der Waals surface area contributed by atoms with Gasteiger partial charge in [0.1, 0.15) is 11.9 Å². The third-order valence-corrected chi connectivity index (χ3v) is 4.24. The first-order valence-corrected chi connectivity index (χ1v) is 8.02. The largest absolute Gasteiger partial charge is 0.324 e. The molecule has 2 aromatic rings. The summed E-state index contributed by atoms with van der Waals surface area (Å²) in [4.78, 5) is 26.7. The molecule has 0 unspecified atom stereocenters. The Bertz CT molecular complexity index is 758. The van der Waals surface area contributed by atoms with Gasteiger partial charge in [-0.05, 0) is 55.7 Å². The van der Waals surface area contributed by atoms with Crippen LogP contribution in [-0.2, 0) is 16.0 Å². The molecule has 1 aliphatic rings. The predicted octanol–water partition coefficient (Wildman–Crippen LogP) is 3.52. The van der Waals surface area contributed by atoms with E-state index in [1.54, 1.807) is 11.8 Å². The van der Waals surface area contributed by atoms with Crippen molar-refractivity contribution in [3.05, 3.63) is 59.9 Å². The van der Waals surface area contributed by atoms with Crippen LogP contribution in [0.25, 0.3) is 0 Å². The van der Waals surface area contributed by atoms with E-state index in [1.807, 2.05) is 24.3 Å². The van der Waals surface area contributed by atoms with Crippen molar-refractivity contribution in [2.24, 2.45) is 0 Å². The van der Waals surface area contributed by atoms with Crippen LogP contribution in [0.1, 0.15) is 25.3 Å². The van der Waals surface area contributed by atoms with Crippen molar-refractivity contribution in [1.82, 2.24) is 0 Å². The van der Waals surface area contributed by atoms with Gasteiger partial charge in [0.25, 0.3) is 0 Å². The minimum Gasteiger partial charge on any atom is -0.324 e. The monoisotopic (exact) mass is 326 g/mol. The molecular weight excluding hydrogens is 307 g/mol. The van der Waals surface area contributed by atoms with Gasteiger partial charge in [-0.25, -0.2) is 4.39 Å². The Morgan fingerprint density at radius 2 is 1.83 bits per heavy atom. The summed E-state index contributed by atoms with van der Waals surface area (Å²) in [6, 6.07) is 12.6. The van der Waals surface area contributed by atoms with Crippen LogP contribution in [0.3, 0.4) is 0 Å². The third-order valence-electron chi connectivity index (χ3n) is 4.24. The van der Waals surface area contributed by atoms with Crippen LogP contribution in [0.4, 0.5) is 15.8 Å². The summed E-state index contributed by atoms with van der Waals surface area (Å²) in [6.45, 7) is 1.71. The molecule has 1 aliphatic heterocycles. The lowest BCUT2D eigenvalue weighted by atomic mass is 10.1. The molecule has 0 radical (unpaired) electrons. The van der Waals surface area contributed by atoms with Gasteiger partial charge < -0.3 is 5.32 Å². The van der Waals surface area contributed by atoms with E-state index in [1.165, 1.54) is 24.3 Å². The average Bonchev–Trinajstić information content (AvgIpc) is 2.74. The number of halogens is 1. The van der Waals surface area contributed by atoms with Crippen molar-refractivity contribution in [3.8, 4) is 0 Å². The van der Waals surface area contributed by atoms with E-state index in [-0.39, 0.29) is 17.6 Å². The first kappa shape index (κ1) is 16.2. The van der Waals surface area contributed by atoms with Crippen LogP contribution in [0.2, 0.25) is 0 Å². The van der Waals surface area contributed by atoms with E-state index >= 15 is 0 Å². The number of rotatable bonds is 3. The first-order valence-electron chi connectivity index (χ1n) is 8.02. The molecule has 24 heavy (non-hydrogen) atoms. The molecule has 0 saturated carbocycles. The number of hydrogen-bond acceptors (Lipinski definition) is 2. The van der Waals surface area contributed by atoms with Crippen LogP contribution in [0.15, 0.2) is 48.5 Å². The van der Waals surface area contributed by atoms with Crippen LogP contribution in [-0.4, -0.2) is 17.9 Å². The van der Waals surface area contributed by atoms with Crippen molar-refractivity contribution in [2.45, 2.75) is 32.2 Å². The number of nitrogens with zero attached hydrogens (tertiary/aromatic N) is 1. The number of aryl methyl sites for hydroxylation is 1. The molecule has 2 aromatic carbocycles. The van der Waals surface area contributed by atoms with E-state index in [9.17, 15) is 14.0 Å². The van der Waals surface area contributed by atoms with Crippen molar-refractivity contribution >= 4 is 23.2 Å². The quantitative estimate of drug-likeness (QED) is 0.938. The summed E-state index contributed by atoms with van der Waals surface area (Å²) in [5, 5.41) is 2.74. The first-order chi connectivity index (χ1) is 11.6. The van der Waals surface area contributed by atoms with Gasteiger partial charge in [-0.15, -0.1) is 0 Å². The minimum absolute atomic E-state index is 0.0540. The fourth-order valence-electron chi connectivity index (χ4n) is 2.96. The Morgan fingerprint density at radius 1 is 1.12 bits per heavy atom.